The van der Waals surface area contributed by atoms with Crippen LogP contribution in [-0.4, -0.2) is 38.7 Å². The highest BCUT2D eigenvalue weighted by atomic mass is 16.6. The number of carbonyl (C=O) groups is 1. The van der Waals surface area contributed by atoms with Crippen LogP contribution in [0, 0.1) is 0 Å². The zero-order valence-corrected chi connectivity index (χ0v) is 14.7. The maximum Gasteiger partial charge on any atom is 0.344 e. The molecule has 3 rings (SSSR count). The molecule has 0 fully saturated rings. The summed E-state index contributed by atoms with van der Waals surface area (Å²) in [5.41, 5.74) is 1.43. The highest BCUT2D eigenvalue weighted by Crippen LogP contribution is 2.21. The highest BCUT2D eigenvalue weighted by Gasteiger charge is 2.11. The molecule has 3 aromatic rings. The summed E-state index contributed by atoms with van der Waals surface area (Å²) in [4.78, 5) is 35.4. The minimum absolute atomic E-state index is 0.134. The van der Waals surface area contributed by atoms with Gasteiger partial charge in [0.15, 0.2) is 17.8 Å². The van der Waals surface area contributed by atoms with E-state index in [1.807, 2.05) is 6.92 Å². The first-order chi connectivity index (χ1) is 12.6. The van der Waals surface area contributed by atoms with Crippen molar-refractivity contribution in [2.75, 3.05) is 13.2 Å². The van der Waals surface area contributed by atoms with E-state index in [4.69, 9.17) is 9.47 Å². The molecule has 0 bridgehead atoms. The highest BCUT2D eigenvalue weighted by molar-refractivity contribution is 5.75. The van der Waals surface area contributed by atoms with Crippen LogP contribution in [0.5, 0.6) is 5.75 Å². The van der Waals surface area contributed by atoms with Crippen LogP contribution >= 0.6 is 0 Å². The van der Waals surface area contributed by atoms with Crippen molar-refractivity contribution in [3.8, 4) is 17.1 Å². The van der Waals surface area contributed by atoms with Crippen LogP contribution in [0.3, 0.4) is 0 Å². The molecule has 0 aliphatic rings. The fraction of sp³-hybridized carbons (Fsp3) is 0.333. The van der Waals surface area contributed by atoms with E-state index < -0.39 is 5.97 Å². The Morgan fingerprint density at radius 1 is 1.23 bits per heavy atom. The summed E-state index contributed by atoms with van der Waals surface area (Å²) < 4.78 is 11.7. The monoisotopic (exact) mass is 356 g/mol. The van der Waals surface area contributed by atoms with Crippen LogP contribution < -0.4 is 10.3 Å². The molecule has 2 aromatic heterocycles. The van der Waals surface area contributed by atoms with Gasteiger partial charge in [-0.15, -0.1) is 0 Å². The second kappa shape index (κ2) is 7.81. The predicted octanol–water partition coefficient (Wildman–Crippen LogP) is 2.14. The van der Waals surface area contributed by atoms with Crippen molar-refractivity contribution in [2.24, 2.45) is 0 Å². The Kier molecular flexibility index (Phi) is 5.31. The number of imidazole rings is 1. The van der Waals surface area contributed by atoms with Gasteiger partial charge in [-0.3, -0.25) is 9.36 Å². The molecule has 26 heavy (non-hydrogen) atoms. The van der Waals surface area contributed by atoms with Crippen molar-refractivity contribution in [1.29, 1.82) is 0 Å². The molecule has 0 aliphatic carbocycles. The number of nitrogens with zero attached hydrogens (tertiary/aromatic N) is 3. The summed E-state index contributed by atoms with van der Waals surface area (Å²) >= 11 is 0. The minimum Gasteiger partial charge on any atom is -0.482 e. The largest absolute Gasteiger partial charge is 0.482 e. The molecule has 0 radical (unpaired) electrons. The lowest BCUT2D eigenvalue weighted by Gasteiger charge is -2.06. The molecule has 0 aliphatic heterocycles. The minimum atomic E-state index is -0.414. The second-order valence-electron chi connectivity index (χ2n) is 5.65. The quantitative estimate of drug-likeness (QED) is 0.651. The smallest absolute Gasteiger partial charge is 0.344 e. The fourth-order valence-electron chi connectivity index (χ4n) is 2.52. The lowest BCUT2D eigenvalue weighted by atomic mass is 10.2. The van der Waals surface area contributed by atoms with Gasteiger partial charge in [-0.2, -0.15) is 0 Å². The fourth-order valence-corrected chi connectivity index (χ4v) is 2.52. The lowest BCUT2D eigenvalue weighted by molar-refractivity contribution is -0.145. The Morgan fingerprint density at radius 2 is 2.00 bits per heavy atom. The zero-order chi connectivity index (χ0) is 18.5. The zero-order valence-electron chi connectivity index (χ0n) is 14.7. The number of fused-ring (bicyclic) bond motifs is 1. The molecule has 0 saturated heterocycles. The van der Waals surface area contributed by atoms with Gasteiger partial charge in [0.05, 0.1) is 6.61 Å². The van der Waals surface area contributed by atoms with Gasteiger partial charge in [-0.05, 0) is 37.6 Å². The third kappa shape index (κ3) is 3.74. The molecule has 2 heterocycles. The average Bonchev–Trinajstić information content (AvgIpc) is 3.08. The van der Waals surface area contributed by atoms with Gasteiger partial charge in [0.2, 0.25) is 0 Å². The number of aromatic amines is 1. The first kappa shape index (κ1) is 17.7. The van der Waals surface area contributed by atoms with Gasteiger partial charge in [-0.25, -0.2) is 14.8 Å². The molecule has 1 N–H and O–H groups in total. The molecule has 0 saturated carbocycles. The van der Waals surface area contributed by atoms with Crippen molar-refractivity contribution in [1.82, 2.24) is 19.5 Å². The number of H-pyrrole nitrogens is 1. The van der Waals surface area contributed by atoms with Crippen LogP contribution in [0.2, 0.25) is 0 Å². The van der Waals surface area contributed by atoms with Crippen molar-refractivity contribution >= 4 is 17.1 Å². The number of carbonyl (C=O) groups excluding carboxylic acids is 1. The van der Waals surface area contributed by atoms with Crippen molar-refractivity contribution in [3.63, 3.8) is 0 Å². The van der Waals surface area contributed by atoms with Crippen LogP contribution in [0.25, 0.3) is 22.6 Å². The van der Waals surface area contributed by atoms with Gasteiger partial charge in [0, 0.05) is 12.1 Å². The molecule has 8 nitrogen and oxygen atoms in total. The van der Waals surface area contributed by atoms with Crippen molar-refractivity contribution in [2.45, 2.75) is 26.8 Å². The average molecular weight is 356 g/mol. The Hall–Kier alpha value is -3.16. The Morgan fingerprint density at radius 3 is 2.69 bits per heavy atom. The summed E-state index contributed by atoms with van der Waals surface area (Å²) in [6.07, 6.45) is 2.37. The summed E-state index contributed by atoms with van der Waals surface area (Å²) in [5.74, 6) is 0.681. The number of nitrogens with one attached hydrogen (secondary N) is 1. The molecule has 0 amide bonds. The van der Waals surface area contributed by atoms with E-state index in [1.165, 1.54) is 6.33 Å². The first-order valence-corrected chi connectivity index (χ1v) is 8.46. The molecule has 0 spiro atoms. The van der Waals surface area contributed by atoms with E-state index in [2.05, 4.69) is 15.0 Å². The molecular formula is C18H20N4O4. The molecule has 136 valence electrons. The van der Waals surface area contributed by atoms with Gasteiger partial charge >= 0.3 is 5.97 Å². The number of hydrogen-bond donors (Lipinski definition) is 1. The summed E-state index contributed by atoms with van der Waals surface area (Å²) in [6, 6.07) is 7.04. The second-order valence-corrected chi connectivity index (χ2v) is 5.65. The predicted molar refractivity (Wildman–Crippen MR) is 96.0 cm³/mol. The SMILES string of the molecule is CCCn1cnc2nc(-c3ccc(OCC(=O)OCC)cc3)[nH]c2c1=O. The van der Waals surface area contributed by atoms with Gasteiger partial charge in [0.1, 0.15) is 17.9 Å². The Bertz CT molecular complexity index is 959. The van der Waals surface area contributed by atoms with Gasteiger partial charge in [0.25, 0.3) is 5.56 Å². The number of benzene rings is 1. The normalized spacial score (nSPS) is 10.8. The number of aryl methyl sites for hydroxylation is 1. The third-order valence-corrected chi connectivity index (χ3v) is 3.73. The maximum absolute atomic E-state index is 12.4. The van der Waals surface area contributed by atoms with E-state index in [1.54, 1.807) is 35.8 Å². The Labute approximate surface area is 149 Å². The van der Waals surface area contributed by atoms with Crippen LogP contribution in [0.4, 0.5) is 0 Å². The number of aromatic nitrogens is 4. The maximum atomic E-state index is 12.4. The Balaban J connectivity index is 1.79. The third-order valence-electron chi connectivity index (χ3n) is 3.73. The number of ether oxygens (including phenoxy) is 2. The van der Waals surface area contributed by atoms with Crippen molar-refractivity contribution in [3.05, 3.63) is 40.9 Å². The molecule has 0 unspecified atom stereocenters. The van der Waals surface area contributed by atoms with E-state index in [0.29, 0.717) is 35.9 Å². The van der Waals surface area contributed by atoms with E-state index in [9.17, 15) is 9.59 Å². The van der Waals surface area contributed by atoms with Crippen LogP contribution in [0.15, 0.2) is 35.4 Å². The number of esters is 1. The van der Waals surface area contributed by atoms with E-state index in [0.717, 1.165) is 12.0 Å². The topological polar surface area (TPSA) is 99.1 Å². The van der Waals surface area contributed by atoms with Gasteiger partial charge in [-0.1, -0.05) is 6.92 Å². The lowest BCUT2D eigenvalue weighted by Crippen LogP contribution is -2.20. The molecular weight excluding hydrogens is 336 g/mol. The summed E-state index contributed by atoms with van der Waals surface area (Å²) in [5, 5.41) is 0. The van der Waals surface area contributed by atoms with Crippen LogP contribution in [-0.2, 0) is 16.1 Å². The first-order valence-electron chi connectivity index (χ1n) is 8.46. The number of hydrogen-bond acceptors (Lipinski definition) is 6. The molecule has 8 heteroatoms. The molecule has 0 atom stereocenters. The summed E-state index contributed by atoms with van der Waals surface area (Å²) in [6.45, 7) is 4.54. The van der Waals surface area contributed by atoms with E-state index in [-0.39, 0.29) is 12.2 Å². The van der Waals surface area contributed by atoms with Crippen LogP contribution in [0.1, 0.15) is 20.3 Å². The van der Waals surface area contributed by atoms with Crippen molar-refractivity contribution < 1.29 is 14.3 Å². The number of rotatable bonds is 7. The molecule has 1 aromatic carbocycles. The summed E-state index contributed by atoms with van der Waals surface area (Å²) in [7, 11) is 0. The van der Waals surface area contributed by atoms with Gasteiger partial charge < -0.3 is 14.5 Å². The van der Waals surface area contributed by atoms with E-state index >= 15 is 0 Å². The standard InChI is InChI=1S/C18H20N4O4/c1-3-9-22-11-19-17-15(18(22)24)20-16(21-17)12-5-7-13(8-6-12)26-10-14(23)25-4-2/h5-8,11H,3-4,9-10H2,1-2H3,(H,20,21).